The van der Waals surface area contributed by atoms with Crippen molar-refractivity contribution >= 4 is 12.0 Å². The van der Waals surface area contributed by atoms with E-state index in [9.17, 15) is 18.0 Å². The third-order valence-electron chi connectivity index (χ3n) is 4.33. The van der Waals surface area contributed by atoms with Crippen LogP contribution in [0.4, 0.5) is 23.9 Å². The van der Waals surface area contributed by atoms with Gasteiger partial charge >= 0.3 is 12.3 Å². The summed E-state index contributed by atoms with van der Waals surface area (Å²) in [6, 6.07) is -0.157. The van der Waals surface area contributed by atoms with Crippen LogP contribution in [0.2, 0.25) is 0 Å². The SMILES string of the molecule is O=C(O)NC1CCC(Nc2ncc(C(F)(F)F)c(OC3COC3)n2)CC1. The largest absolute Gasteiger partial charge is 0.469 e. The predicted octanol–water partition coefficient (Wildman–Crippen LogP) is 2.26. The summed E-state index contributed by atoms with van der Waals surface area (Å²) in [5.41, 5.74) is -1.02. The lowest BCUT2D eigenvalue weighted by Gasteiger charge is -2.29. The van der Waals surface area contributed by atoms with Crippen LogP contribution >= 0.6 is 0 Å². The summed E-state index contributed by atoms with van der Waals surface area (Å²) in [6.07, 6.45) is -2.84. The molecule has 1 aromatic heterocycles. The molecule has 1 saturated heterocycles. The second-order valence-electron chi connectivity index (χ2n) is 6.33. The molecule has 2 fully saturated rings. The molecule has 0 spiro atoms. The van der Waals surface area contributed by atoms with Crippen molar-refractivity contribution in [2.75, 3.05) is 18.5 Å². The molecule has 3 rings (SSSR count). The summed E-state index contributed by atoms with van der Waals surface area (Å²) in [4.78, 5) is 18.3. The topological polar surface area (TPSA) is 106 Å². The van der Waals surface area contributed by atoms with E-state index in [-0.39, 0.29) is 31.2 Å². The van der Waals surface area contributed by atoms with Crippen LogP contribution in [-0.4, -0.2) is 52.6 Å². The van der Waals surface area contributed by atoms with Crippen molar-refractivity contribution in [2.45, 2.75) is 50.0 Å². The molecule has 3 N–H and O–H groups in total. The smallest absolute Gasteiger partial charge is 0.423 e. The number of halogens is 3. The lowest BCUT2D eigenvalue weighted by Crippen LogP contribution is -2.40. The van der Waals surface area contributed by atoms with Crippen molar-refractivity contribution in [1.29, 1.82) is 0 Å². The molecule has 11 heteroatoms. The fraction of sp³-hybridized carbons (Fsp3) is 0.667. The molecule has 2 heterocycles. The molecule has 0 aromatic carbocycles. The minimum Gasteiger partial charge on any atom is -0.469 e. The second kappa shape index (κ2) is 7.52. The minimum absolute atomic E-state index is 0.0431. The highest BCUT2D eigenvalue weighted by atomic mass is 19.4. The number of carbonyl (C=O) groups is 1. The molecular formula is C15H19F3N4O4. The normalized spacial score (nSPS) is 23.8. The van der Waals surface area contributed by atoms with E-state index in [1.54, 1.807) is 0 Å². The van der Waals surface area contributed by atoms with Crippen LogP contribution in [0.3, 0.4) is 0 Å². The van der Waals surface area contributed by atoms with E-state index >= 15 is 0 Å². The van der Waals surface area contributed by atoms with Crippen LogP contribution in [0, 0.1) is 0 Å². The molecule has 1 aliphatic heterocycles. The number of aromatic nitrogens is 2. The maximum atomic E-state index is 13.1. The zero-order valence-corrected chi connectivity index (χ0v) is 13.8. The molecular weight excluding hydrogens is 357 g/mol. The van der Waals surface area contributed by atoms with Crippen molar-refractivity contribution in [3.05, 3.63) is 11.8 Å². The summed E-state index contributed by atoms with van der Waals surface area (Å²) in [6.45, 7) is 0.454. The Kier molecular flexibility index (Phi) is 5.35. The molecule has 0 atom stereocenters. The van der Waals surface area contributed by atoms with Gasteiger partial charge in [-0.1, -0.05) is 0 Å². The van der Waals surface area contributed by atoms with E-state index in [1.807, 2.05) is 0 Å². The number of hydrogen-bond acceptors (Lipinski definition) is 6. The van der Waals surface area contributed by atoms with E-state index in [0.717, 1.165) is 0 Å². The van der Waals surface area contributed by atoms with Gasteiger partial charge in [0.05, 0.1) is 13.2 Å². The van der Waals surface area contributed by atoms with Gasteiger partial charge in [0.15, 0.2) is 0 Å². The summed E-state index contributed by atoms with van der Waals surface area (Å²) >= 11 is 0. The van der Waals surface area contributed by atoms with E-state index in [4.69, 9.17) is 14.6 Å². The zero-order valence-electron chi connectivity index (χ0n) is 13.8. The summed E-state index contributed by atoms with van der Waals surface area (Å²) in [5, 5.41) is 14.2. The molecule has 26 heavy (non-hydrogen) atoms. The van der Waals surface area contributed by atoms with Gasteiger partial charge in [0.2, 0.25) is 11.8 Å². The first kappa shape index (κ1) is 18.5. The number of hydrogen-bond donors (Lipinski definition) is 3. The molecule has 1 amide bonds. The molecule has 2 aliphatic rings. The first-order chi connectivity index (χ1) is 12.3. The third-order valence-corrected chi connectivity index (χ3v) is 4.33. The Morgan fingerprint density at radius 1 is 1.23 bits per heavy atom. The fourth-order valence-electron chi connectivity index (χ4n) is 2.90. The number of rotatable bonds is 5. The Balaban J connectivity index is 1.64. The number of ether oxygens (including phenoxy) is 2. The van der Waals surface area contributed by atoms with E-state index < -0.39 is 29.8 Å². The first-order valence-corrected chi connectivity index (χ1v) is 8.26. The van der Waals surface area contributed by atoms with Crippen LogP contribution in [-0.2, 0) is 10.9 Å². The van der Waals surface area contributed by atoms with Gasteiger partial charge < -0.3 is 25.2 Å². The molecule has 8 nitrogen and oxygen atoms in total. The lowest BCUT2D eigenvalue weighted by molar-refractivity contribution is -0.142. The maximum absolute atomic E-state index is 13.1. The predicted molar refractivity (Wildman–Crippen MR) is 83.1 cm³/mol. The zero-order chi connectivity index (χ0) is 18.7. The van der Waals surface area contributed by atoms with Crippen molar-refractivity contribution < 1.29 is 32.5 Å². The highest BCUT2D eigenvalue weighted by molar-refractivity contribution is 5.64. The Morgan fingerprint density at radius 2 is 1.88 bits per heavy atom. The van der Waals surface area contributed by atoms with E-state index in [1.165, 1.54) is 0 Å². The van der Waals surface area contributed by atoms with Crippen molar-refractivity contribution in [1.82, 2.24) is 15.3 Å². The number of nitrogens with one attached hydrogen (secondary N) is 2. The van der Waals surface area contributed by atoms with Gasteiger partial charge in [-0.25, -0.2) is 9.78 Å². The van der Waals surface area contributed by atoms with Gasteiger partial charge in [-0.3, -0.25) is 0 Å². The summed E-state index contributed by atoms with van der Waals surface area (Å²) < 4.78 is 49.5. The Hall–Kier alpha value is -2.30. The third kappa shape index (κ3) is 4.65. The van der Waals surface area contributed by atoms with Crippen molar-refractivity contribution in [3.8, 4) is 5.88 Å². The average molecular weight is 376 g/mol. The highest BCUT2D eigenvalue weighted by Gasteiger charge is 2.38. The molecule has 1 aromatic rings. The molecule has 144 valence electrons. The average Bonchev–Trinajstić information content (AvgIpc) is 2.51. The number of nitrogens with zero attached hydrogens (tertiary/aromatic N) is 2. The van der Waals surface area contributed by atoms with Crippen LogP contribution in [0.15, 0.2) is 6.20 Å². The molecule has 0 unspecified atom stereocenters. The summed E-state index contributed by atoms with van der Waals surface area (Å²) in [5.74, 6) is -0.451. The number of anilines is 1. The Morgan fingerprint density at radius 3 is 2.42 bits per heavy atom. The first-order valence-electron chi connectivity index (χ1n) is 8.26. The van der Waals surface area contributed by atoms with Crippen molar-refractivity contribution in [2.24, 2.45) is 0 Å². The van der Waals surface area contributed by atoms with E-state index in [0.29, 0.717) is 31.9 Å². The molecule has 1 saturated carbocycles. The van der Waals surface area contributed by atoms with Crippen LogP contribution < -0.4 is 15.4 Å². The van der Waals surface area contributed by atoms with Gasteiger partial charge in [0, 0.05) is 18.3 Å². The van der Waals surface area contributed by atoms with Crippen LogP contribution in [0.1, 0.15) is 31.2 Å². The van der Waals surface area contributed by atoms with Crippen LogP contribution in [0.25, 0.3) is 0 Å². The standard InChI is InChI=1S/C15H19F3N4O4/c16-15(17,18)11-5-19-13(22-12(11)26-10-6-25-7-10)20-8-1-3-9(4-2-8)21-14(23)24/h5,8-10,21H,1-4,6-7H2,(H,23,24)(H,19,20,22). The maximum Gasteiger partial charge on any atom is 0.423 e. The summed E-state index contributed by atoms with van der Waals surface area (Å²) in [7, 11) is 0. The van der Waals surface area contributed by atoms with Crippen molar-refractivity contribution in [3.63, 3.8) is 0 Å². The second-order valence-corrected chi connectivity index (χ2v) is 6.33. The number of amides is 1. The molecule has 1 aliphatic carbocycles. The Labute approximate surface area is 147 Å². The number of alkyl halides is 3. The van der Waals surface area contributed by atoms with E-state index in [2.05, 4.69) is 20.6 Å². The van der Waals surface area contributed by atoms with Crippen LogP contribution in [0.5, 0.6) is 5.88 Å². The monoisotopic (exact) mass is 376 g/mol. The Bertz CT molecular complexity index is 646. The lowest BCUT2D eigenvalue weighted by atomic mass is 9.91. The number of carboxylic acid groups (broad SMARTS) is 1. The van der Waals surface area contributed by atoms with Gasteiger partial charge in [0.1, 0.15) is 11.7 Å². The quantitative estimate of drug-likeness (QED) is 0.724. The van der Waals surface area contributed by atoms with Gasteiger partial charge in [-0.15, -0.1) is 0 Å². The highest BCUT2D eigenvalue weighted by Crippen LogP contribution is 2.36. The van der Waals surface area contributed by atoms with Gasteiger partial charge in [-0.05, 0) is 25.7 Å². The van der Waals surface area contributed by atoms with Gasteiger partial charge in [-0.2, -0.15) is 18.2 Å². The minimum atomic E-state index is -4.61. The fourth-order valence-corrected chi connectivity index (χ4v) is 2.90. The molecule has 0 bridgehead atoms. The van der Waals surface area contributed by atoms with Gasteiger partial charge in [0.25, 0.3) is 0 Å². The molecule has 0 radical (unpaired) electrons.